The first-order valence-corrected chi connectivity index (χ1v) is 12.3. The molecule has 3 nitrogen and oxygen atoms in total. The number of alkyl halides is 6. The van der Waals surface area contributed by atoms with Crippen molar-refractivity contribution in [2.24, 2.45) is 5.92 Å². The van der Waals surface area contributed by atoms with E-state index >= 15 is 4.39 Å². The van der Waals surface area contributed by atoms with Crippen molar-refractivity contribution >= 4 is 22.3 Å². The Kier molecular flexibility index (Phi) is 7.80. The first-order valence-electron chi connectivity index (χ1n) is 11.1. The topological polar surface area (TPSA) is 40.0 Å². The Balaban J connectivity index is 2.29. The van der Waals surface area contributed by atoms with Crippen LogP contribution in [0.25, 0.3) is 22.0 Å². The van der Waals surface area contributed by atoms with E-state index in [2.05, 4.69) is 4.72 Å². The van der Waals surface area contributed by atoms with Gasteiger partial charge in [0.2, 0.25) is 0 Å². The fourth-order valence-corrected chi connectivity index (χ4v) is 4.70. The molecule has 0 amide bonds. The molecule has 0 aliphatic heterocycles. The van der Waals surface area contributed by atoms with Crippen LogP contribution in [0.15, 0.2) is 42.6 Å². The third-order valence-corrected chi connectivity index (χ3v) is 7.07. The Hall–Kier alpha value is -2.24. The Morgan fingerprint density at radius 2 is 1.58 bits per heavy atom. The van der Waals surface area contributed by atoms with Crippen molar-refractivity contribution in [1.82, 2.24) is 9.29 Å². The summed E-state index contributed by atoms with van der Waals surface area (Å²) in [7, 11) is 0. The van der Waals surface area contributed by atoms with Crippen LogP contribution in [0.3, 0.4) is 0 Å². The SMILES string of the molecule is CC(C)Cn1cc([C@H](N[S@@+]([O-])C(C)(C)C)C(F)(F)F)c2cc(F)c(-c3ccccc3C(F)(F)F)cc21. The fraction of sp³-hybridized carbons (Fsp3) is 0.440. The molecule has 198 valence electrons. The molecule has 1 aromatic heterocycles. The monoisotopic (exact) mass is 536 g/mol. The van der Waals surface area contributed by atoms with Crippen LogP contribution >= 0.6 is 0 Å². The van der Waals surface area contributed by atoms with E-state index < -0.39 is 51.4 Å². The molecule has 0 aliphatic rings. The van der Waals surface area contributed by atoms with Crippen molar-refractivity contribution in [2.75, 3.05) is 0 Å². The molecule has 11 heteroatoms. The van der Waals surface area contributed by atoms with Crippen LogP contribution in [0.5, 0.6) is 0 Å². The molecule has 2 aromatic carbocycles. The minimum absolute atomic E-state index is 0.0367. The molecular formula is C25H27F7N2OS. The molecule has 2 atom stereocenters. The van der Waals surface area contributed by atoms with Crippen molar-refractivity contribution < 1.29 is 35.3 Å². The van der Waals surface area contributed by atoms with Crippen LogP contribution in [-0.2, 0) is 24.1 Å². The molecule has 1 N–H and O–H groups in total. The van der Waals surface area contributed by atoms with E-state index in [0.717, 1.165) is 24.3 Å². The predicted octanol–water partition coefficient (Wildman–Crippen LogP) is 7.78. The molecule has 0 bridgehead atoms. The van der Waals surface area contributed by atoms with Crippen molar-refractivity contribution in [3.8, 4) is 11.1 Å². The van der Waals surface area contributed by atoms with E-state index in [1.807, 2.05) is 13.8 Å². The lowest BCUT2D eigenvalue weighted by Gasteiger charge is -2.29. The van der Waals surface area contributed by atoms with Gasteiger partial charge in [-0.1, -0.05) is 32.0 Å². The lowest BCUT2D eigenvalue weighted by Crippen LogP contribution is -2.45. The number of hydrogen-bond donors (Lipinski definition) is 1. The molecule has 3 rings (SSSR count). The summed E-state index contributed by atoms with van der Waals surface area (Å²) in [6.45, 7) is 8.41. The Labute approximate surface area is 208 Å². The van der Waals surface area contributed by atoms with Crippen LogP contribution < -0.4 is 4.72 Å². The fourth-order valence-electron chi connectivity index (χ4n) is 3.87. The first kappa shape index (κ1) is 28.3. The van der Waals surface area contributed by atoms with Gasteiger partial charge in [0.1, 0.15) is 10.6 Å². The minimum Gasteiger partial charge on any atom is -0.598 e. The smallest absolute Gasteiger partial charge is 0.417 e. The standard InChI is InChI=1S/C25H27F7N2OS/c1-14(2)12-34-13-18(22(25(30,31)32)33-36(35)23(3,4)5)17-10-20(26)16(11-21(17)34)15-8-6-7-9-19(15)24(27,28)29/h6-11,13-14,22,33H,12H2,1-5H3/t22-,36-/m0/s1. The van der Waals surface area contributed by atoms with Gasteiger partial charge in [0, 0.05) is 46.1 Å². The maximum atomic E-state index is 15.3. The number of benzene rings is 2. The normalized spacial score (nSPS) is 15.1. The molecule has 0 spiro atoms. The molecule has 0 fully saturated rings. The highest BCUT2D eigenvalue weighted by Gasteiger charge is 2.47. The lowest BCUT2D eigenvalue weighted by molar-refractivity contribution is -0.152. The first-order chi connectivity index (χ1) is 16.4. The van der Waals surface area contributed by atoms with Crippen LogP contribution in [0.1, 0.15) is 51.8 Å². The number of nitrogens with zero attached hydrogens (tertiary/aromatic N) is 1. The molecule has 1 heterocycles. The van der Waals surface area contributed by atoms with Crippen molar-refractivity contribution in [3.63, 3.8) is 0 Å². The zero-order valence-corrected chi connectivity index (χ0v) is 21.1. The van der Waals surface area contributed by atoms with Gasteiger partial charge < -0.3 is 9.12 Å². The highest BCUT2D eigenvalue weighted by molar-refractivity contribution is 7.90. The summed E-state index contributed by atoms with van der Waals surface area (Å²) in [4.78, 5) is 0. The zero-order chi connectivity index (χ0) is 27.2. The second-order valence-corrected chi connectivity index (χ2v) is 12.0. The molecule has 0 saturated heterocycles. The quantitative estimate of drug-likeness (QED) is 0.258. The maximum Gasteiger partial charge on any atom is 0.417 e. The summed E-state index contributed by atoms with van der Waals surface area (Å²) in [6.07, 6.45) is -8.43. The van der Waals surface area contributed by atoms with E-state index in [1.165, 1.54) is 43.7 Å². The molecule has 36 heavy (non-hydrogen) atoms. The number of nitrogens with one attached hydrogen (secondary N) is 1. The number of fused-ring (bicyclic) bond motifs is 1. The molecule has 3 aromatic rings. The summed E-state index contributed by atoms with van der Waals surface area (Å²) in [5.41, 5.74) is -2.06. The molecule has 0 aliphatic carbocycles. The molecule has 0 saturated carbocycles. The van der Waals surface area contributed by atoms with Crippen molar-refractivity contribution in [2.45, 2.75) is 64.3 Å². The highest BCUT2D eigenvalue weighted by atomic mass is 32.2. The average Bonchev–Trinajstić information content (AvgIpc) is 3.05. The van der Waals surface area contributed by atoms with Gasteiger partial charge in [-0.25, -0.2) is 4.39 Å². The van der Waals surface area contributed by atoms with Gasteiger partial charge in [-0.3, -0.25) is 0 Å². The minimum atomic E-state index is -4.88. The second kappa shape index (κ2) is 9.90. The third-order valence-electron chi connectivity index (χ3n) is 5.50. The van der Waals surface area contributed by atoms with Gasteiger partial charge in [0.05, 0.1) is 5.56 Å². The Morgan fingerprint density at radius 3 is 2.11 bits per heavy atom. The second-order valence-electron chi connectivity index (χ2n) is 10.00. The van der Waals surface area contributed by atoms with Gasteiger partial charge >= 0.3 is 12.4 Å². The van der Waals surface area contributed by atoms with Gasteiger partial charge in [-0.05, 0) is 50.5 Å². The number of aromatic nitrogens is 1. The number of hydrogen-bond acceptors (Lipinski definition) is 2. The van der Waals surface area contributed by atoms with Crippen LogP contribution in [-0.4, -0.2) is 20.0 Å². The largest absolute Gasteiger partial charge is 0.598 e. The predicted molar refractivity (Wildman–Crippen MR) is 127 cm³/mol. The summed E-state index contributed by atoms with van der Waals surface area (Å²) in [6, 6.07) is 4.04. The third kappa shape index (κ3) is 6.00. The van der Waals surface area contributed by atoms with E-state index in [1.54, 1.807) is 0 Å². The van der Waals surface area contributed by atoms with Gasteiger partial charge in [0.25, 0.3) is 0 Å². The average molecular weight is 537 g/mol. The van der Waals surface area contributed by atoms with Gasteiger partial charge in [-0.15, -0.1) is 4.72 Å². The lowest BCUT2D eigenvalue weighted by atomic mass is 9.96. The van der Waals surface area contributed by atoms with E-state index in [4.69, 9.17) is 0 Å². The molecule has 0 unspecified atom stereocenters. The summed E-state index contributed by atoms with van der Waals surface area (Å²) >= 11 is -2.11. The van der Waals surface area contributed by atoms with Crippen LogP contribution in [0.2, 0.25) is 0 Å². The van der Waals surface area contributed by atoms with Crippen molar-refractivity contribution in [1.29, 1.82) is 0 Å². The van der Waals surface area contributed by atoms with Gasteiger partial charge in [-0.2, -0.15) is 26.3 Å². The van der Waals surface area contributed by atoms with Gasteiger partial charge in [0.15, 0.2) is 6.04 Å². The highest BCUT2D eigenvalue weighted by Crippen LogP contribution is 2.42. The Bertz CT molecular complexity index is 1230. The zero-order valence-electron chi connectivity index (χ0n) is 20.3. The maximum absolute atomic E-state index is 15.3. The van der Waals surface area contributed by atoms with Crippen LogP contribution in [0, 0.1) is 11.7 Å². The number of halogens is 7. The molecule has 0 radical (unpaired) electrons. The summed E-state index contributed by atoms with van der Waals surface area (Å²) < 4.78 is 114. The van der Waals surface area contributed by atoms with Crippen molar-refractivity contribution in [3.05, 3.63) is 59.5 Å². The molecular weight excluding hydrogens is 509 g/mol. The number of rotatable bonds is 6. The van der Waals surface area contributed by atoms with Crippen LogP contribution in [0.4, 0.5) is 30.7 Å². The summed E-state index contributed by atoms with van der Waals surface area (Å²) in [5.74, 6) is -1.13. The van der Waals surface area contributed by atoms with E-state index in [-0.39, 0.29) is 34.5 Å². The van der Waals surface area contributed by atoms with E-state index in [9.17, 15) is 30.9 Å². The Morgan fingerprint density at radius 1 is 0.972 bits per heavy atom. The van der Waals surface area contributed by atoms with E-state index in [0.29, 0.717) is 0 Å². The summed E-state index contributed by atoms with van der Waals surface area (Å²) in [5, 5.41) is -0.123.